The van der Waals surface area contributed by atoms with Gasteiger partial charge in [0.15, 0.2) is 5.96 Å². The molecule has 6 heteroatoms. The summed E-state index contributed by atoms with van der Waals surface area (Å²) in [4.78, 5) is 6.62. The lowest BCUT2D eigenvalue weighted by molar-refractivity contribution is 0.313. The molecule has 2 aliphatic rings. The summed E-state index contributed by atoms with van der Waals surface area (Å²) in [6.07, 6.45) is 2.61. The van der Waals surface area contributed by atoms with E-state index >= 15 is 0 Å². The van der Waals surface area contributed by atoms with Crippen LogP contribution in [0.15, 0.2) is 4.99 Å². The molecule has 0 saturated heterocycles. The monoisotopic (exact) mass is 263 g/mol. The number of aryl methyl sites for hydroxylation is 2. The molecule has 1 aliphatic carbocycles. The molecule has 0 bridgehead atoms. The Labute approximate surface area is 113 Å². The molecule has 1 atom stereocenters. The Morgan fingerprint density at radius 2 is 2.16 bits per heavy atom. The average Bonchev–Trinajstić information content (AvgIpc) is 3.05. The number of nitrogens with zero attached hydrogens (tertiary/aromatic N) is 4. The van der Waals surface area contributed by atoms with E-state index in [9.17, 15) is 0 Å². The van der Waals surface area contributed by atoms with Gasteiger partial charge in [-0.15, -0.1) is 0 Å². The van der Waals surface area contributed by atoms with Gasteiger partial charge in [-0.05, 0) is 25.7 Å². The van der Waals surface area contributed by atoms with Gasteiger partial charge >= 0.3 is 0 Å². The number of aromatic nitrogens is 2. The zero-order valence-electron chi connectivity index (χ0n) is 11.8. The predicted molar refractivity (Wildman–Crippen MR) is 73.2 cm³/mol. The first kappa shape index (κ1) is 12.3. The van der Waals surface area contributed by atoms with Crippen LogP contribution in [0.2, 0.25) is 0 Å². The minimum Gasteiger partial charge on any atom is -0.481 e. The fraction of sp³-hybridized carbons (Fsp3) is 0.692. The van der Waals surface area contributed by atoms with Gasteiger partial charge in [-0.1, -0.05) is 0 Å². The summed E-state index contributed by atoms with van der Waals surface area (Å²) in [5.41, 5.74) is 8.15. The summed E-state index contributed by atoms with van der Waals surface area (Å²) in [6, 6.07) is 0.171. The second-order valence-electron chi connectivity index (χ2n) is 5.44. The van der Waals surface area contributed by atoms with Crippen molar-refractivity contribution >= 4 is 5.96 Å². The van der Waals surface area contributed by atoms with Crippen LogP contribution in [0, 0.1) is 12.8 Å². The highest BCUT2D eigenvalue weighted by Crippen LogP contribution is 2.38. The molecule has 1 unspecified atom stereocenters. The maximum absolute atomic E-state index is 6.04. The highest BCUT2D eigenvalue weighted by atomic mass is 16.5. The summed E-state index contributed by atoms with van der Waals surface area (Å²) in [6.45, 7) is 3.71. The SMILES string of the molecule is COc1c(C2CN=C(N)N2CC2CC2)c(C)nn1C. The van der Waals surface area contributed by atoms with Gasteiger partial charge in [-0.3, -0.25) is 4.99 Å². The molecule has 0 spiro atoms. The van der Waals surface area contributed by atoms with E-state index in [1.807, 2.05) is 14.0 Å². The normalized spacial score (nSPS) is 22.8. The van der Waals surface area contributed by atoms with E-state index in [1.54, 1.807) is 11.8 Å². The van der Waals surface area contributed by atoms with Crippen LogP contribution in [0.1, 0.15) is 30.1 Å². The molecule has 0 aromatic carbocycles. The van der Waals surface area contributed by atoms with Crippen LogP contribution in [-0.4, -0.2) is 40.8 Å². The maximum Gasteiger partial charge on any atom is 0.216 e. The van der Waals surface area contributed by atoms with Gasteiger partial charge in [0.05, 0.1) is 31.0 Å². The average molecular weight is 263 g/mol. The quantitative estimate of drug-likeness (QED) is 0.873. The summed E-state index contributed by atoms with van der Waals surface area (Å²) in [5, 5.41) is 4.45. The van der Waals surface area contributed by atoms with Crippen molar-refractivity contribution in [2.75, 3.05) is 20.2 Å². The summed E-state index contributed by atoms with van der Waals surface area (Å²) in [7, 11) is 3.59. The van der Waals surface area contributed by atoms with Gasteiger partial charge in [-0.2, -0.15) is 5.10 Å². The predicted octanol–water partition coefficient (Wildman–Crippen LogP) is 0.819. The fourth-order valence-corrected chi connectivity index (χ4v) is 2.85. The highest BCUT2D eigenvalue weighted by molar-refractivity contribution is 5.80. The third-order valence-electron chi connectivity index (χ3n) is 3.99. The van der Waals surface area contributed by atoms with E-state index < -0.39 is 0 Å². The molecule has 2 heterocycles. The smallest absolute Gasteiger partial charge is 0.216 e. The Kier molecular flexibility index (Phi) is 2.88. The number of aliphatic imine (C=N–C) groups is 1. The van der Waals surface area contributed by atoms with Crippen molar-refractivity contribution < 1.29 is 4.74 Å². The largest absolute Gasteiger partial charge is 0.481 e. The van der Waals surface area contributed by atoms with Crippen LogP contribution in [0.5, 0.6) is 5.88 Å². The van der Waals surface area contributed by atoms with Crippen molar-refractivity contribution in [3.8, 4) is 5.88 Å². The zero-order chi connectivity index (χ0) is 13.6. The molecule has 1 aromatic rings. The van der Waals surface area contributed by atoms with E-state index in [0.29, 0.717) is 12.5 Å². The Morgan fingerprint density at radius 1 is 1.42 bits per heavy atom. The van der Waals surface area contributed by atoms with Crippen LogP contribution in [-0.2, 0) is 7.05 Å². The molecule has 0 radical (unpaired) electrons. The number of guanidine groups is 1. The van der Waals surface area contributed by atoms with Gasteiger partial charge in [-0.25, -0.2) is 4.68 Å². The van der Waals surface area contributed by atoms with E-state index in [2.05, 4.69) is 15.0 Å². The van der Waals surface area contributed by atoms with E-state index in [4.69, 9.17) is 10.5 Å². The van der Waals surface area contributed by atoms with Crippen molar-refractivity contribution in [1.82, 2.24) is 14.7 Å². The van der Waals surface area contributed by atoms with E-state index in [-0.39, 0.29) is 6.04 Å². The first-order valence-electron chi connectivity index (χ1n) is 6.76. The number of rotatable bonds is 4. The summed E-state index contributed by atoms with van der Waals surface area (Å²) in [5.74, 6) is 2.24. The molecule has 6 nitrogen and oxygen atoms in total. The van der Waals surface area contributed by atoms with Crippen LogP contribution in [0.25, 0.3) is 0 Å². The van der Waals surface area contributed by atoms with Gasteiger partial charge in [0.25, 0.3) is 0 Å². The standard InChI is InChI=1S/C13H21N5O/c1-8-11(12(19-3)17(2)16-8)10-6-15-13(14)18(10)7-9-4-5-9/h9-10H,4-7H2,1-3H3,(H2,14,15). The van der Waals surface area contributed by atoms with E-state index in [0.717, 1.165) is 29.6 Å². The van der Waals surface area contributed by atoms with Gasteiger partial charge in [0.1, 0.15) is 0 Å². The Morgan fingerprint density at radius 3 is 2.79 bits per heavy atom. The third kappa shape index (κ3) is 2.05. The molecule has 1 saturated carbocycles. The number of hydrogen-bond donors (Lipinski definition) is 1. The lowest BCUT2D eigenvalue weighted by Crippen LogP contribution is -2.37. The molecule has 1 aromatic heterocycles. The summed E-state index contributed by atoms with van der Waals surface area (Å²) < 4.78 is 7.28. The lowest BCUT2D eigenvalue weighted by Gasteiger charge is -2.26. The minimum atomic E-state index is 0.171. The molecule has 0 amide bonds. The van der Waals surface area contributed by atoms with Crippen LogP contribution in [0.3, 0.4) is 0 Å². The highest BCUT2D eigenvalue weighted by Gasteiger charge is 2.36. The second kappa shape index (κ2) is 4.43. The minimum absolute atomic E-state index is 0.171. The topological polar surface area (TPSA) is 68.7 Å². The molecular weight excluding hydrogens is 242 g/mol. The number of nitrogens with two attached hydrogens (primary N) is 1. The third-order valence-corrected chi connectivity index (χ3v) is 3.99. The van der Waals surface area contributed by atoms with Gasteiger partial charge < -0.3 is 15.4 Å². The van der Waals surface area contributed by atoms with Gasteiger partial charge in [0, 0.05) is 13.6 Å². The van der Waals surface area contributed by atoms with Gasteiger partial charge in [0.2, 0.25) is 5.88 Å². The van der Waals surface area contributed by atoms with Crippen molar-refractivity contribution in [2.24, 2.45) is 23.7 Å². The van der Waals surface area contributed by atoms with Crippen LogP contribution >= 0.6 is 0 Å². The fourth-order valence-electron chi connectivity index (χ4n) is 2.85. The van der Waals surface area contributed by atoms with Crippen molar-refractivity contribution in [3.05, 3.63) is 11.3 Å². The Balaban J connectivity index is 1.92. The van der Waals surface area contributed by atoms with Crippen molar-refractivity contribution in [2.45, 2.75) is 25.8 Å². The maximum atomic E-state index is 6.04. The first-order chi connectivity index (χ1) is 9.11. The summed E-state index contributed by atoms with van der Waals surface area (Å²) >= 11 is 0. The molecule has 3 rings (SSSR count). The lowest BCUT2D eigenvalue weighted by atomic mass is 10.1. The van der Waals surface area contributed by atoms with Crippen molar-refractivity contribution in [3.63, 3.8) is 0 Å². The molecule has 104 valence electrons. The number of ether oxygens (including phenoxy) is 1. The zero-order valence-corrected chi connectivity index (χ0v) is 11.8. The Hall–Kier alpha value is -1.72. The first-order valence-corrected chi connectivity index (χ1v) is 6.76. The molecular formula is C13H21N5O. The molecule has 2 N–H and O–H groups in total. The molecule has 1 aliphatic heterocycles. The van der Waals surface area contributed by atoms with Crippen molar-refractivity contribution in [1.29, 1.82) is 0 Å². The van der Waals surface area contributed by atoms with E-state index in [1.165, 1.54) is 12.8 Å². The molecule has 19 heavy (non-hydrogen) atoms. The number of hydrogen-bond acceptors (Lipinski definition) is 5. The molecule has 1 fully saturated rings. The van der Waals surface area contributed by atoms with Crippen LogP contribution < -0.4 is 10.5 Å². The Bertz CT molecular complexity index is 517. The second-order valence-corrected chi connectivity index (χ2v) is 5.44. The van der Waals surface area contributed by atoms with Crippen LogP contribution in [0.4, 0.5) is 0 Å². The number of methoxy groups -OCH3 is 1.